The van der Waals surface area contributed by atoms with Gasteiger partial charge in [0.2, 0.25) is 0 Å². The summed E-state index contributed by atoms with van der Waals surface area (Å²) < 4.78 is 0. The first kappa shape index (κ1) is 13.6. The van der Waals surface area contributed by atoms with Gasteiger partial charge in [0.25, 0.3) is 0 Å². The number of hydrogen-bond acceptors (Lipinski definition) is 2. The van der Waals surface area contributed by atoms with Crippen molar-refractivity contribution >= 4 is 0 Å². The second-order valence-corrected chi connectivity index (χ2v) is 5.46. The highest BCUT2D eigenvalue weighted by molar-refractivity contribution is 5.21. The third kappa shape index (κ3) is 3.82. The fourth-order valence-corrected chi connectivity index (χ4v) is 2.79. The largest absolute Gasteiger partial charge is 0.395 e. The maximum Gasteiger partial charge on any atom is 0.0586 e. The van der Waals surface area contributed by atoms with Crippen LogP contribution < -0.4 is 0 Å². The number of hydrogen-bond donors (Lipinski definition) is 1. The fraction of sp³-hybridized carbons (Fsp3) is 0.625. The molecule has 1 N–H and O–H groups in total. The van der Waals surface area contributed by atoms with E-state index in [1.807, 2.05) is 0 Å². The first-order chi connectivity index (χ1) is 8.79. The topological polar surface area (TPSA) is 23.5 Å². The normalized spacial score (nSPS) is 18.1. The molecular formula is C16H25NO. The van der Waals surface area contributed by atoms with E-state index in [2.05, 4.69) is 36.1 Å². The molecule has 1 unspecified atom stereocenters. The van der Waals surface area contributed by atoms with Gasteiger partial charge in [-0.2, -0.15) is 0 Å². The Morgan fingerprint density at radius 1 is 1.17 bits per heavy atom. The van der Waals surface area contributed by atoms with Crippen LogP contribution in [0.1, 0.15) is 36.8 Å². The van der Waals surface area contributed by atoms with Crippen LogP contribution >= 0.6 is 0 Å². The molecule has 1 aromatic carbocycles. The summed E-state index contributed by atoms with van der Waals surface area (Å²) in [5.41, 5.74) is 2.74. The second-order valence-electron chi connectivity index (χ2n) is 5.46. The van der Waals surface area contributed by atoms with Crippen molar-refractivity contribution in [2.45, 2.75) is 45.1 Å². The number of nitrogens with zero attached hydrogens (tertiary/aromatic N) is 1. The zero-order valence-corrected chi connectivity index (χ0v) is 11.4. The molecule has 0 saturated carbocycles. The lowest BCUT2D eigenvalue weighted by atomic mass is 10.0. The Balaban J connectivity index is 1.74. The summed E-state index contributed by atoms with van der Waals surface area (Å²) in [6, 6.07) is 9.19. The van der Waals surface area contributed by atoms with Crippen LogP contribution in [0.25, 0.3) is 0 Å². The van der Waals surface area contributed by atoms with Crippen LogP contribution in [-0.4, -0.2) is 35.7 Å². The first-order valence-electron chi connectivity index (χ1n) is 7.20. The van der Waals surface area contributed by atoms with Gasteiger partial charge >= 0.3 is 0 Å². The lowest BCUT2D eigenvalue weighted by Gasteiger charge is -2.25. The molecule has 0 aromatic heterocycles. The number of likely N-dealkylation sites (tertiary alicyclic amines) is 1. The van der Waals surface area contributed by atoms with Crippen LogP contribution in [0.15, 0.2) is 24.3 Å². The van der Waals surface area contributed by atoms with Crippen LogP contribution in [0.4, 0.5) is 0 Å². The van der Waals surface area contributed by atoms with Gasteiger partial charge in [-0.25, -0.2) is 0 Å². The third-order valence-corrected chi connectivity index (χ3v) is 3.99. The molecule has 2 heteroatoms. The van der Waals surface area contributed by atoms with Crippen molar-refractivity contribution in [1.29, 1.82) is 0 Å². The van der Waals surface area contributed by atoms with Gasteiger partial charge in [0.1, 0.15) is 0 Å². The molecule has 0 spiro atoms. The molecule has 1 aliphatic rings. The van der Waals surface area contributed by atoms with Crippen molar-refractivity contribution in [2.75, 3.05) is 19.7 Å². The van der Waals surface area contributed by atoms with E-state index >= 15 is 0 Å². The van der Waals surface area contributed by atoms with E-state index < -0.39 is 0 Å². The van der Waals surface area contributed by atoms with Gasteiger partial charge in [-0.15, -0.1) is 0 Å². The lowest BCUT2D eigenvalue weighted by molar-refractivity contribution is 0.137. The van der Waals surface area contributed by atoms with Gasteiger partial charge in [-0.3, -0.25) is 4.90 Å². The standard InChI is InChI=1S/C16H25NO/c1-14-7-9-15(10-8-14)5-4-6-16(13-18)17-11-2-3-12-17/h7-10,16,18H,2-6,11-13H2,1H3. The minimum absolute atomic E-state index is 0.313. The minimum Gasteiger partial charge on any atom is -0.395 e. The van der Waals surface area contributed by atoms with Gasteiger partial charge in [0.15, 0.2) is 0 Å². The van der Waals surface area contributed by atoms with Gasteiger partial charge < -0.3 is 5.11 Å². The molecule has 0 amide bonds. The molecular weight excluding hydrogens is 222 g/mol. The molecule has 1 atom stereocenters. The molecule has 1 saturated heterocycles. The van der Waals surface area contributed by atoms with Crippen molar-refractivity contribution in [3.63, 3.8) is 0 Å². The molecule has 0 bridgehead atoms. The molecule has 100 valence electrons. The molecule has 0 radical (unpaired) electrons. The van der Waals surface area contributed by atoms with E-state index in [0.29, 0.717) is 12.6 Å². The Morgan fingerprint density at radius 2 is 1.83 bits per heavy atom. The van der Waals surface area contributed by atoms with Gasteiger partial charge in [-0.05, 0) is 57.7 Å². The summed E-state index contributed by atoms with van der Waals surface area (Å²) in [7, 11) is 0. The summed E-state index contributed by atoms with van der Waals surface area (Å²) in [6.45, 7) is 4.79. The van der Waals surface area contributed by atoms with Crippen molar-refractivity contribution in [3.05, 3.63) is 35.4 Å². The summed E-state index contributed by atoms with van der Waals surface area (Å²) in [4.78, 5) is 2.45. The Kier molecular flexibility index (Phi) is 5.21. The van der Waals surface area contributed by atoms with Crippen LogP contribution in [0.2, 0.25) is 0 Å². The average molecular weight is 247 g/mol. The monoisotopic (exact) mass is 247 g/mol. The Morgan fingerprint density at radius 3 is 2.44 bits per heavy atom. The SMILES string of the molecule is Cc1ccc(CCCC(CO)N2CCCC2)cc1. The van der Waals surface area contributed by atoms with E-state index in [-0.39, 0.29) is 0 Å². The van der Waals surface area contributed by atoms with E-state index in [9.17, 15) is 5.11 Å². The Hall–Kier alpha value is -0.860. The first-order valence-corrected chi connectivity index (χ1v) is 7.20. The highest BCUT2D eigenvalue weighted by Crippen LogP contribution is 2.16. The highest BCUT2D eigenvalue weighted by Gasteiger charge is 2.20. The van der Waals surface area contributed by atoms with Gasteiger partial charge in [0, 0.05) is 6.04 Å². The van der Waals surface area contributed by atoms with Crippen molar-refractivity contribution in [1.82, 2.24) is 4.90 Å². The summed E-state index contributed by atoms with van der Waals surface area (Å²) in [6.07, 6.45) is 6.02. The predicted molar refractivity (Wildman–Crippen MR) is 75.8 cm³/mol. The van der Waals surface area contributed by atoms with Crippen LogP contribution in [-0.2, 0) is 6.42 Å². The molecule has 0 aliphatic carbocycles. The number of aryl methyl sites for hydroxylation is 2. The molecule has 1 fully saturated rings. The van der Waals surface area contributed by atoms with Gasteiger partial charge in [0.05, 0.1) is 6.61 Å². The molecule has 1 aliphatic heterocycles. The number of aliphatic hydroxyl groups excluding tert-OH is 1. The molecule has 1 heterocycles. The number of benzene rings is 1. The van der Waals surface area contributed by atoms with Crippen LogP contribution in [0.3, 0.4) is 0 Å². The van der Waals surface area contributed by atoms with Gasteiger partial charge in [-0.1, -0.05) is 29.8 Å². The lowest BCUT2D eigenvalue weighted by Crippen LogP contribution is -2.35. The van der Waals surface area contributed by atoms with Crippen molar-refractivity contribution < 1.29 is 5.11 Å². The zero-order chi connectivity index (χ0) is 12.8. The van der Waals surface area contributed by atoms with E-state index in [4.69, 9.17) is 0 Å². The quantitative estimate of drug-likeness (QED) is 0.835. The highest BCUT2D eigenvalue weighted by atomic mass is 16.3. The van der Waals surface area contributed by atoms with E-state index in [0.717, 1.165) is 12.8 Å². The second kappa shape index (κ2) is 6.91. The third-order valence-electron chi connectivity index (χ3n) is 3.99. The molecule has 2 rings (SSSR count). The predicted octanol–water partition coefficient (Wildman–Crippen LogP) is 2.77. The Bertz CT molecular complexity index is 341. The molecule has 2 nitrogen and oxygen atoms in total. The van der Waals surface area contributed by atoms with E-state index in [1.165, 1.54) is 43.5 Å². The molecule has 18 heavy (non-hydrogen) atoms. The Labute approximate surface area is 111 Å². The van der Waals surface area contributed by atoms with Crippen molar-refractivity contribution in [3.8, 4) is 0 Å². The van der Waals surface area contributed by atoms with Crippen LogP contribution in [0, 0.1) is 6.92 Å². The zero-order valence-electron chi connectivity index (χ0n) is 11.4. The number of rotatable bonds is 6. The van der Waals surface area contributed by atoms with Crippen molar-refractivity contribution in [2.24, 2.45) is 0 Å². The number of aliphatic hydroxyl groups is 1. The van der Waals surface area contributed by atoms with E-state index in [1.54, 1.807) is 0 Å². The minimum atomic E-state index is 0.313. The fourth-order valence-electron chi connectivity index (χ4n) is 2.79. The summed E-state index contributed by atoms with van der Waals surface area (Å²) in [5.74, 6) is 0. The smallest absolute Gasteiger partial charge is 0.0586 e. The molecule has 1 aromatic rings. The maximum atomic E-state index is 9.48. The summed E-state index contributed by atoms with van der Waals surface area (Å²) >= 11 is 0. The summed E-state index contributed by atoms with van der Waals surface area (Å²) in [5, 5.41) is 9.48. The maximum absolute atomic E-state index is 9.48. The average Bonchev–Trinajstić information content (AvgIpc) is 2.91. The van der Waals surface area contributed by atoms with Crippen LogP contribution in [0.5, 0.6) is 0 Å².